The van der Waals surface area contributed by atoms with Crippen molar-refractivity contribution in [2.24, 2.45) is 11.8 Å². The highest BCUT2D eigenvalue weighted by Crippen LogP contribution is 2.04. The van der Waals surface area contributed by atoms with Crippen LogP contribution in [0.15, 0.2) is 0 Å². The zero-order valence-electron chi connectivity index (χ0n) is 13.1. The second-order valence-corrected chi connectivity index (χ2v) is 6.14. The molecule has 0 saturated carbocycles. The molecule has 0 spiro atoms. The highest BCUT2D eigenvalue weighted by molar-refractivity contribution is 5.81. The number of amides is 1. The van der Waals surface area contributed by atoms with Crippen LogP contribution in [-0.4, -0.2) is 50.1 Å². The maximum absolute atomic E-state index is 11.9. The van der Waals surface area contributed by atoms with Gasteiger partial charge in [-0.1, -0.05) is 27.7 Å². The molecule has 0 bridgehead atoms. The second kappa shape index (κ2) is 8.48. The molecule has 0 aromatic rings. The van der Waals surface area contributed by atoms with E-state index < -0.39 is 0 Å². The molecule has 2 atom stereocenters. The highest BCUT2D eigenvalue weighted by atomic mass is 16.2. The van der Waals surface area contributed by atoms with E-state index in [-0.39, 0.29) is 11.9 Å². The lowest BCUT2D eigenvalue weighted by Crippen LogP contribution is -2.51. The fourth-order valence-electron chi connectivity index (χ4n) is 1.70. The number of nitrogens with one attached hydrogen (secondary N) is 2. The van der Waals surface area contributed by atoms with Crippen molar-refractivity contribution >= 4 is 5.91 Å². The number of likely N-dealkylation sites (N-methyl/N-ethyl adjacent to an activating group) is 1. The molecule has 0 aromatic carbocycles. The molecule has 108 valence electrons. The molecule has 0 aliphatic rings. The van der Waals surface area contributed by atoms with Crippen molar-refractivity contribution in [3.05, 3.63) is 0 Å². The number of carbonyl (C=O) groups excluding carboxylic acids is 1. The van der Waals surface area contributed by atoms with Crippen LogP contribution < -0.4 is 10.6 Å². The Morgan fingerprint density at radius 1 is 1.11 bits per heavy atom. The lowest BCUT2D eigenvalue weighted by Gasteiger charge is -2.28. The van der Waals surface area contributed by atoms with Gasteiger partial charge in [0.15, 0.2) is 0 Å². The van der Waals surface area contributed by atoms with Crippen molar-refractivity contribution in [3.63, 3.8) is 0 Å². The summed E-state index contributed by atoms with van der Waals surface area (Å²) in [5.41, 5.74) is 0. The summed E-state index contributed by atoms with van der Waals surface area (Å²) in [5, 5.41) is 6.38. The van der Waals surface area contributed by atoms with Gasteiger partial charge in [-0.15, -0.1) is 0 Å². The Hall–Kier alpha value is -0.610. The summed E-state index contributed by atoms with van der Waals surface area (Å²) < 4.78 is 0. The predicted molar refractivity (Wildman–Crippen MR) is 77.6 cm³/mol. The molecule has 0 rings (SSSR count). The third kappa shape index (κ3) is 7.67. The zero-order chi connectivity index (χ0) is 14.3. The monoisotopic (exact) mass is 257 g/mol. The first-order valence-corrected chi connectivity index (χ1v) is 6.92. The third-order valence-corrected chi connectivity index (χ3v) is 2.91. The van der Waals surface area contributed by atoms with Gasteiger partial charge in [0.05, 0.1) is 6.04 Å². The normalized spacial score (nSPS) is 15.2. The summed E-state index contributed by atoms with van der Waals surface area (Å²) >= 11 is 0. The highest BCUT2D eigenvalue weighted by Gasteiger charge is 2.20. The van der Waals surface area contributed by atoms with Gasteiger partial charge in [-0.3, -0.25) is 4.79 Å². The van der Waals surface area contributed by atoms with Gasteiger partial charge in [0.2, 0.25) is 5.91 Å². The van der Waals surface area contributed by atoms with Crippen molar-refractivity contribution in [2.45, 2.75) is 46.7 Å². The van der Waals surface area contributed by atoms with E-state index in [2.05, 4.69) is 57.3 Å². The number of carbonyl (C=O) groups is 1. The summed E-state index contributed by atoms with van der Waals surface area (Å²) in [6.45, 7) is 12.2. The molecule has 0 fully saturated rings. The lowest BCUT2D eigenvalue weighted by molar-refractivity contribution is -0.123. The van der Waals surface area contributed by atoms with Crippen LogP contribution in [0.25, 0.3) is 0 Å². The van der Waals surface area contributed by atoms with Crippen LogP contribution in [0.4, 0.5) is 0 Å². The van der Waals surface area contributed by atoms with Crippen molar-refractivity contribution in [2.75, 3.05) is 27.2 Å². The van der Waals surface area contributed by atoms with Gasteiger partial charge in [-0.25, -0.2) is 0 Å². The van der Waals surface area contributed by atoms with Crippen LogP contribution in [0, 0.1) is 11.8 Å². The lowest BCUT2D eigenvalue weighted by atomic mass is 10.0. The molecule has 0 heterocycles. The number of hydrogen-bond donors (Lipinski definition) is 2. The molecule has 0 aliphatic heterocycles. The van der Waals surface area contributed by atoms with Gasteiger partial charge in [-0.2, -0.15) is 0 Å². The van der Waals surface area contributed by atoms with E-state index in [1.165, 1.54) is 0 Å². The maximum atomic E-state index is 11.9. The average Bonchev–Trinajstić information content (AvgIpc) is 2.23. The van der Waals surface area contributed by atoms with Crippen LogP contribution in [0.1, 0.15) is 34.6 Å². The Kier molecular flexibility index (Phi) is 8.20. The Morgan fingerprint density at radius 3 is 2.06 bits per heavy atom. The summed E-state index contributed by atoms with van der Waals surface area (Å²) in [5.74, 6) is 1.09. The molecule has 4 nitrogen and oxygen atoms in total. The van der Waals surface area contributed by atoms with Gasteiger partial charge in [-0.05, 0) is 32.9 Å². The molecule has 0 aromatic heterocycles. The Morgan fingerprint density at radius 2 is 1.67 bits per heavy atom. The predicted octanol–water partition coefficient (Wildman–Crippen LogP) is 1.32. The summed E-state index contributed by atoms with van der Waals surface area (Å²) in [6.07, 6.45) is 0. The number of nitrogens with zero attached hydrogens (tertiary/aromatic N) is 1. The molecule has 0 saturated heterocycles. The average molecular weight is 257 g/mol. The van der Waals surface area contributed by atoms with E-state index in [1.54, 1.807) is 0 Å². The standard InChI is InChI=1S/C14H31N3O/c1-10(2)8-15-14(18)12(5)16-13(11(3)4)9-17(6)7/h10-13,16H,8-9H2,1-7H3,(H,15,18). The fraction of sp³-hybridized carbons (Fsp3) is 0.929. The van der Waals surface area contributed by atoms with E-state index in [0.29, 0.717) is 17.9 Å². The molecule has 0 aliphatic carbocycles. The van der Waals surface area contributed by atoms with E-state index in [9.17, 15) is 4.79 Å². The van der Waals surface area contributed by atoms with Crippen LogP contribution in [0.5, 0.6) is 0 Å². The molecular formula is C14H31N3O. The van der Waals surface area contributed by atoms with Crippen molar-refractivity contribution in [1.82, 2.24) is 15.5 Å². The van der Waals surface area contributed by atoms with E-state index in [4.69, 9.17) is 0 Å². The Labute approximate surface area is 113 Å². The SMILES string of the molecule is CC(C)CNC(=O)C(C)NC(CN(C)C)C(C)C. The van der Waals surface area contributed by atoms with Crippen LogP contribution >= 0.6 is 0 Å². The summed E-state index contributed by atoms with van der Waals surface area (Å²) in [4.78, 5) is 14.1. The second-order valence-electron chi connectivity index (χ2n) is 6.14. The van der Waals surface area contributed by atoms with Gasteiger partial charge >= 0.3 is 0 Å². The van der Waals surface area contributed by atoms with Gasteiger partial charge < -0.3 is 15.5 Å². The first-order valence-electron chi connectivity index (χ1n) is 6.92. The minimum atomic E-state index is -0.143. The first-order chi connectivity index (χ1) is 8.23. The largest absolute Gasteiger partial charge is 0.354 e. The van der Waals surface area contributed by atoms with Gasteiger partial charge in [0, 0.05) is 19.1 Å². The van der Waals surface area contributed by atoms with Crippen molar-refractivity contribution in [3.8, 4) is 0 Å². The molecule has 1 amide bonds. The first kappa shape index (κ1) is 17.4. The van der Waals surface area contributed by atoms with Crippen LogP contribution in [0.3, 0.4) is 0 Å². The smallest absolute Gasteiger partial charge is 0.236 e. The molecule has 2 N–H and O–H groups in total. The Bertz CT molecular complexity index is 239. The number of hydrogen-bond acceptors (Lipinski definition) is 3. The minimum absolute atomic E-state index is 0.0908. The summed E-state index contributed by atoms with van der Waals surface area (Å²) in [6, 6.07) is 0.191. The third-order valence-electron chi connectivity index (χ3n) is 2.91. The Balaban J connectivity index is 4.23. The van der Waals surface area contributed by atoms with Gasteiger partial charge in [0.1, 0.15) is 0 Å². The molecule has 4 heteroatoms. The van der Waals surface area contributed by atoms with E-state index in [1.807, 2.05) is 6.92 Å². The van der Waals surface area contributed by atoms with Crippen molar-refractivity contribution < 1.29 is 4.79 Å². The van der Waals surface area contributed by atoms with Gasteiger partial charge in [0.25, 0.3) is 0 Å². The molecule has 2 unspecified atom stereocenters. The van der Waals surface area contributed by atoms with Crippen LogP contribution in [0.2, 0.25) is 0 Å². The molecular weight excluding hydrogens is 226 g/mol. The summed E-state index contributed by atoms with van der Waals surface area (Å²) in [7, 11) is 4.11. The van der Waals surface area contributed by atoms with Crippen LogP contribution in [-0.2, 0) is 4.79 Å². The quantitative estimate of drug-likeness (QED) is 0.689. The fourth-order valence-corrected chi connectivity index (χ4v) is 1.70. The minimum Gasteiger partial charge on any atom is -0.354 e. The van der Waals surface area contributed by atoms with E-state index >= 15 is 0 Å². The topological polar surface area (TPSA) is 44.4 Å². The van der Waals surface area contributed by atoms with Crippen molar-refractivity contribution in [1.29, 1.82) is 0 Å². The molecule has 18 heavy (non-hydrogen) atoms. The van der Waals surface area contributed by atoms with E-state index in [0.717, 1.165) is 13.1 Å². The maximum Gasteiger partial charge on any atom is 0.236 e. The molecule has 0 radical (unpaired) electrons. The zero-order valence-corrected chi connectivity index (χ0v) is 13.1. The number of rotatable bonds is 8.